The van der Waals surface area contributed by atoms with Gasteiger partial charge in [-0.25, -0.2) is 4.68 Å². The van der Waals surface area contributed by atoms with E-state index in [-0.39, 0.29) is 0 Å². The molecule has 0 bridgehead atoms. The number of hydrogen-bond acceptors (Lipinski definition) is 3. The summed E-state index contributed by atoms with van der Waals surface area (Å²) < 4.78 is 2.02. The van der Waals surface area contributed by atoms with Crippen LogP contribution in [0.15, 0.2) is 24.3 Å². The minimum atomic E-state index is 0.754. The molecule has 5 heteroatoms. The summed E-state index contributed by atoms with van der Waals surface area (Å²) in [5.74, 6) is 0.799. The second-order valence-electron chi connectivity index (χ2n) is 7.55. The highest BCUT2D eigenvalue weighted by Crippen LogP contribution is 2.31. The minimum absolute atomic E-state index is 0.754. The molecule has 2 heterocycles. The zero-order valence-corrected chi connectivity index (χ0v) is 15.9. The molecule has 25 heavy (non-hydrogen) atoms. The lowest BCUT2D eigenvalue weighted by molar-refractivity contribution is 0.312. The maximum atomic E-state index is 6.00. The van der Waals surface area contributed by atoms with Gasteiger partial charge >= 0.3 is 0 Å². The van der Waals surface area contributed by atoms with Gasteiger partial charge in [-0.2, -0.15) is 5.10 Å². The first-order valence-corrected chi connectivity index (χ1v) is 9.75. The number of aryl methyl sites for hydroxylation is 1. The molecule has 1 aromatic heterocycles. The summed E-state index contributed by atoms with van der Waals surface area (Å²) in [6.07, 6.45) is 4.18. The van der Waals surface area contributed by atoms with Gasteiger partial charge in [0.05, 0.1) is 11.4 Å². The number of halogens is 1. The van der Waals surface area contributed by atoms with Gasteiger partial charge in [0.2, 0.25) is 0 Å². The Morgan fingerprint density at radius 1 is 1.16 bits per heavy atom. The molecular weight excluding hydrogens is 332 g/mol. The van der Waals surface area contributed by atoms with Gasteiger partial charge in [-0.15, -0.1) is 0 Å². The number of hydrogen-bond donors (Lipinski definition) is 1. The van der Waals surface area contributed by atoms with Crippen LogP contribution in [0.1, 0.15) is 36.2 Å². The van der Waals surface area contributed by atoms with Crippen molar-refractivity contribution in [2.45, 2.75) is 45.7 Å². The van der Waals surface area contributed by atoms with Crippen LogP contribution < -0.4 is 5.32 Å². The lowest BCUT2D eigenvalue weighted by Crippen LogP contribution is -2.27. The van der Waals surface area contributed by atoms with E-state index in [1.807, 2.05) is 28.9 Å². The predicted octanol–water partition coefficient (Wildman–Crippen LogP) is 3.72. The maximum Gasteiger partial charge on any atom is 0.0649 e. The van der Waals surface area contributed by atoms with Crippen LogP contribution in [0.3, 0.4) is 0 Å². The van der Waals surface area contributed by atoms with Gasteiger partial charge in [0.25, 0.3) is 0 Å². The Labute approximate surface area is 155 Å². The Bertz CT molecular complexity index is 733. The zero-order valence-electron chi connectivity index (χ0n) is 15.1. The van der Waals surface area contributed by atoms with Crippen molar-refractivity contribution in [1.29, 1.82) is 0 Å². The Morgan fingerprint density at radius 2 is 1.92 bits per heavy atom. The highest BCUT2D eigenvalue weighted by molar-refractivity contribution is 6.30. The van der Waals surface area contributed by atoms with Gasteiger partial charge in [-0.3, -0.25) is 0 Å². The first-order chi connectivity index (χ1) is 12.1. The fourth-order valence-corrected chi connectivity index (χ4v) is 4.09. The third kappa shape index (κ3) is 3.76. The van der Waals surface area contributed by atoms with E-state index in [1.54, 1.807) is 0 Å². The van der Waals surface area contributed by atoms with E-state index in [4.69, 9.17) is 16.7 Å². The van der Waals surface area contributed by atoms with E-state index >= 15 is 0 Å². The second-order valence-corrected chi connectivity index (χ2v) is 7.99. The van der Waals surface area contributed by atoms with E-state index in [0.717, 1.165) is 41.5 Å². The number of aromatic nitrogens is 2. The fraction of sp³-hybridized carbons (Fsp3) is 0.550. The van der Waals surface area contributed by atoms with E-state index in [9.17, 15) is 0 Å². The minimum Gasteiger partial charge on any atom is -0.312 e. The van der Waals surface area contributed by atoms with Crippen molar-refractivity contribution in [3.8, 4) is 5.69 Å². The predicted molar refractivity (Wildman–Crippen MR) is 102 cm³/mol. The summed E-state index contributed by atoms with van der Waals surface area (Å²) in [6, 6.07) is 8.77. The molecule has 0 unspecified atom stereocenters. The highest BCUT2D eigenvalue weighted by atomic mass is 35.5. The van der Waals surface area contributed by atoms with E-state index < -0.39 is 0 Å². The molecular formula is C20H27ClN4. The lowest BCUT2D eigenvalue weighted by Gasteiger charge is -2.15. The molecule has 0 amide bonds. The SMILES string of the molecule is Cc1nn(-c2ccc(Cl)cc2)c(C)c1CNC[C@H]1CCN(C2CC2)C1. The molecule has 2 aromatic rings. The summed E-state index contributed by atoms with van der Waals surface area (Å²) in [4.78, 5) is 2.68. The molecule has 1 aromatic carbocycles. The van der Waals surface area contributed by atoms with Crippen LogP contribution >= 0.6 is 11.6 Å². The van der Waals surface area contributed by atoms with Gasteiger partial charge in [-0.05, 0) is 76.4 Å². The number of likely N-dealkylation sites (tertiary alicyclic amines) is 1. The lowest BCUT2D eigenvalue weighted by atomic mass is 10.1. The molecule has 1 aliphatic heterocycles. The number of benzene rings is 1. The van der Waals surface area contributed by atoms with Gasteiger partial charge in [-0.1, -0.05) is 11.6 Å². The standard InChI is InChI=1S/C20H27ClN4/c1-14-20(12-22-11-16-9-10-24(13-16)18-7-8-18)15(2)25(23-14)19-5-3-17(21)4-6-19/h3-6,16,18,22H,7-13H2,1-2H3/t16-/m1/s1. The van der Waals surface area contributed by atoms with Crippen molar-refractivity contribution < 1.29 is 0 Å². The van der Waals surface area contributed by atoms with Crippen molar-refractivity contribution in [3.05, 3.63) is 46.2 Å². The maximum absolute atomic E-state index is 6.00. The molecule has 1 atom stereocenters. The Morgan fingerprint density at radius 3 is 2.64 bits per heavy atom. The first-order valence-electron chi connectivity index (χ1n) is 9.37. The fourth-order valence-electron chi connectivity index (χ4n) is 3.97. The number of nitrogens with zero attached hydrogens (tertiary/aromatic N) is 3. The van der Waals surface area contributed by atoms with E-state index in [0.29, 0.717) is 0 Å². The van der Waals surface area contributed by atoms with Crippen LogP contribution in [0.25, 0.3) is 5.69 Å². The van der Waals surface area contributed by atoms with Crippen LogP contribution in [0, 0.1) is 19.8 Å². The molecule has 1 N–H and O–H groups in total. The Hall–Kier alpha value is -1.36. The van der Waals surface area contributed by atoms with Crippen molar-refractivity contribution in [3.63, 3.8) is 0 Å². The molecule has 4 nitrogen and oxygen atoms in total. The van der Waals surface area contributed by atoms with Crippen LogP contribution in [0.2, 0.25) is 5.02 Å². The first kappa shape index (κ1) is 17.1. The summed E-state index contributed by atoms with van der Waals surface area (Å²) in [5.41, 5.74) is 4.68. The van der Waals surface area contributed by atoms with E-state index in [1.165, 1.54) is 43.6 Å². The van der Waals surface area contributed by atoms with Crippen LogP contribution in [-0.4, -0.2) is 40.4 Å². The molecule has 4 rings (SSSR count). The molecule has 2 fully saturated rings. The smallest absolute Gasteiger partial charge is 0.0649 e. The van der Waals surface area contributed by atoms with Crippen LogP contribution in [0.5, 0.6) is 0 Å². The molecule has 1 saturated carbocycles. The van der Waals surface area contributed by atoms with Gasteiger partial charge in [0.1, 0.15) is 0 Å². The quantitative estimate of drug-likeness (QED) is 0.854. The second kappa shape index (κ2) is 7.10. The molecule has 0 spiro atoms. The van der Waals surface area contributed by atoms with Crippen molar-refractivity contribution >= 4 is 11.6 Å². The zero-order chi connectivity index (χ0) is 17.4. The summed E-state index contributed by atoms with van der Waals surface area (Å²) in [6.45, 7) is 8.82. The normalized spacial score (nSPS) is 21.2. The third-order valence-electron chi connectivity index (χ3n) is 5.63. The van der Waals surface area contributed by atoms with Gasteiger partial charge in [0, 0.05) is 35.4 Å². The van der Waals surface area contributed by atoms with Crippen molar-refractivity contribution in [2.75, 3.05) is 19.6 Å². The largest absolute Gasteiger partial charge is 0.312 e. The molecule has 2 aliphatic rings. The average Bonchev–Trinajstić information content (AvgIpc) is 3.29. The summed E-state index contributed by atoms with van der Waals surface area (Å²) >= 11 is 6.00. The molecule has 1 aliphatic carbocycles. The topological polar surface area (TPSA) is 33.1 Å². The Balaban J connectivity index is 1.37. The Kier molecular flexibility index (Phi) is 4.85. The van der Waals surface area contributed by atoms with Crippen molar-refractivity contribution in [2.24, 2.45) is 5.92 Å². The van der Waals surface area contributed by atoms with Crippen LogP contribution in [0.4, 0.5) is 0 Å². The monoisotopic (exact) mass is 358 g/mol. The molecule has 134 valence electrons. The summed E-state index contributed by atoms with van der Waals surface area (Å²) in [7, 11) is 0. The summed E-state index contributed by atoms with van der Waals surface area (Å²) in [5, 5.41) is 9.16. The molecule has 1 saturated heterocycles. The highest BCUT2D eigenvalue weighted by Gasteiger charge is 2.34. The van der Waals surface area contributed by atoms with Gasteiger partial charge in [0.15, 0.2) is 0 Å². The average molecular weight is 359 g/mol. The number of nitrogens with one attached hydrogen (secondary N) is 1. The van der Waals surface area contributed by atoms with Crippen LogP contribution in [-0.2, 0) is 6.54 Å². The third-order valence-corrected chi connectivity index (χ3v) is 5.88. The molecule has 0 radical (unpaired) electrons. The van der Waals surface area contributed by atoms with E-state index in [2.05, 4.69) is 24.1 Å². The number of rotatable bonds is 6. The van der Waals surface area contributed by atoms with Crippen molar-refractivity contribution in [1.82, 2.24) is 20.0 Å². The van der Waals surface area contributed by atoms with Gasteiger partial charge < -0.3 is 10.2 Å².